The summed E-state index contributed by atoms with van der Waals surface area (Å²) in [4.78, 5) is 26.3. The lowest BCUT2D eigenvalue weighted by Gasteiger charge is -2.27. The highest BCUT2D eigenvalue weighted by Gasteiger charge is 2.35. The number of likely N-dealkylation sites (N-methyl/N-ethyl adjacent to an activating group) is 1. The number of hydrogen-bond donors (Lipinski definition) is 2. The summed E-state index contributed by atoms with van der Waals surface area (Å²) in [6.07, 6.45) is 3.37. The molecule has 5 nitrogen and oxygen atoms in total. The van der Waals surface area contributed by atoms with Gasteiger partial charge in [-0.1, -0.05) is 31.0 Å². The molecule has 0 spiro atoms. The molecule has 24 heavy (non-hydrogen) atoms. The van der Waals surface area contributed by atoms with Gasteiger partial charge >= 0.3 is 0 Å². The Hall–Kier alpha value is -1.88. The molecule has 2 amide bonds. The Bertz CT molecular complexity index is 586. The zero-order chi connectivity index (χ0) is 17.7. The summed E-state index contributed by atoms with van der Waals surface area (Å²) >= 11 is 0. The topological polar surface area (TPSA) is 69.6 Å². The standard InChI is InChI=1S/C19H28N2O3/c1-4-21(17(23)12-19(24)10-5-6-11-19)13-16(22)20-18-14(2)8-7-9-15(18)3/h7-9,24H,4-6,10-13H2,1-3H3,(H,20,22). The van der Waals surface area contributed by atoms with E-state index >= 15 is 0 Å². The number of anilines is 1. The van der Waals surface area contributed by atoms with Gasteiger partial charge in [-0.15, -0.1) is 0 Å². The Morgan fingerprint density at radius 2 is 1.79 bits per heavy atom. The van der Waals surface area contributed by atoms with Crippen molar-refractivity contribution in [2.45, 2.75) is 58.5 Å². The second-order valence-electron chi connectivity index (χ2n) is 6.83. The molecule has 5 heteroatoms. The number of nitrogens with one attached hydrogen (secondary N) is 1. The van der Waals surface area contributed by atoms with Crippen molar-refractivity contribution in [1.82, 2.24) is 4.90 Å². The lowest BCUT2D eigenvalue weighted by atomic mass is 9.97. The van der Waals surface area contributed by atoms with E-state index < -0.39 is 5.60 Å². The summed E-state index contributed by atoms with van der Waals surface area (Å²) in [5, 5.41) is 13.3. The van der Waals surface area contributed by atoms with Gasteiger partial charge in [-0.05, 0) is 44.7 Å². The number of benzene rings is 1. The maximum Gasteiger partial charge on any atom is 0.244 e. The van der Waals surface area contributed by atoms with Crippen LogP contribution in [0.4, 0.5) is 5.69 Å². The van der Waals surface area contributed by atoms with Crippen LogP contribution < -0.4 is 5.32 Å². The molecule has 0 saturated heterocycles. The van der Waals surface area contributed by atoms with Crippen LogP contribution in [0.25, 0.3) is 0 Å². The lowest BCUT2D eigenvalue weighted by molar-refractivity contribution is -0.138. The van der Waals surface area contributed by atoms with Crippen molar-refractivity contribution in [3.05, 3.63) is 29.3 Å². The summed E-state index contributed by atoms with van der Waals surface area (Å²) in [6, 6.07) is 5.84. The van der Waals surface area contributed by atoms with Gasteiger partial charge in [0.05, 0.1) is 18.6 Å². The van der Waals surface area contributed by atoms with Crippen LogP contribution in [0.15, 0.2) is 18.2 Å². The van der Waals surface area contributed by atoms with Crippen molar-refractivity contribution < 1.29 is 14.7 Å². The fourth-order valence-electron chi connectivity index (χ4n) is 3.34. The number of aryl methyl sites for hydroxylation is 2. The molecule has 1 aliphatic rings. The zero-order valence-corrected chi connectivity index (χ0v) is 14.9. The van der Waals surface area contributed by atoms with E-state index in [9.17, 15) is 14.7 Å². The average Bonchev–Trinajstić information content (AvgIpc) is 2.94. The molecule has 1 fully saturated rings. The van der Waals surface area contributed by atoms with Crippen LogP contribution >= 0.6 is 0 Å². The predicted octanol–water partition coefficient (Wildman–Crippen LogP) is 2.79. The fourth-order valence-corrected chi connectivity index (χ4v) is 3.34. The summed E-state index contributed by atoms with van der Waals surface area (Å²) < 4.78 is 0. The molecular weight excluding hydrogens is 304 g/mol. The van der Waals surface area contributed by atoms with Gasteiger partial charge in [0.15, 0.2) is 0 Å². The predicted molar refractivity (Wildman–Crippen MR) is 94.8 cm³/mol. The highest BCUT2D eigenvalue weighted by atomic mass is 16.3. The second-order valence-corrected chi connectivity index (χ2v) is 6.83. The Morgan fingerprint density at radius 3 is 2.33 bits per heavy atom. The second kappa shape index (κ2) is 7.79. The first-order valence-corrected chi connectivity index (χ1v) is 8.71. The fraction of sp³-hybridized carbons (Fsp3) is 0.579. The number of amides is 2. The molecule has 132 valence electrons. The number of rotatable bonds is 6. The maximum absolute atomic E-state index is 12.4. The summed E-state index contributed by atoms with van der Waals surface area (Å²) in [7, 11) is 0. The monoisotopic (exact) mass is 332 g/mol. The van der Waals surface area contributed by atoms with Crippen LogP contribution in [-0.4, -0.2) is 40.5 Å². The van der Waals surface area contributed by atoms with E-state index in [2.05, 4.69) is 5.32 Å². The van der Waals surface area contributed by atoms with E-state index in [4.69, 9.17) is 0 Å². The molecule has 0 aromatic heterocycles. The van der Waals surface area contributed by atoms with Gasteiger partial charge in [-0.2, -0.15) is 0 Å². The highest BCUT2D eigenvalue weighted by Crippen LogP contribution is 2.32. The molecule has 0 atom stereocenters. The molecule has 1 aliphatic carbocycles. The van der Waals surface area contributed by atoms with E-state index in [1.54, 1.807) is 0 Å². The number of hydrogen-bond acceptors (Lipinski definition) is 3. The third-order valence-electron chi connectivity index (χ3n) is 4.83. The van der Waals surface area contributed by atoms with Crippen LogP contribution in [0, 0.1) is 13.8 Å². The van der Waals surface area contributed by atoms with Gasteiger partial charge in [0.2, 0.25) is 11.8 Å². The number of aliphatic hydroxyl groups is 1. The summed E-state index contributed by atoms with van der Waals surface area (Å²) in [6.45, 7) is 6.21. The lowest BCUT2D eigenvalue weighted by Crippen LogP contribution is -2.42. The minimum absolute atomic E-state index is 0.0131. The van der Waals surface area contributed by atoms with E-state index in [0.717, 1.165) is 29.7 Å². The van der Waals surface area contributed by atoms with E-state index in [1.807, 2.05) is 39.0 Å². The number of para-hydroxylation sites is 1. The van der Waals surface area contributed by atoms with Crippen LogP contribution in [-0.2, 0) is 9.59 Å². The Morgan fingerprint density at radius 1 is 1.21 bits per heavy atom. The number of carbonyl (C=O) groups excluding carboxylic acids is 2. The first-order chi connectivity index (χ1) is 11.3. The third kappa shape index (κ3) is 4.57. The minimum Gasteiger partial charge on any atom is -0.389 e. The van der Waals surface area contributed by atoms with Gasteiger partial charge in [0, 0.05) is 12.2 Å². The molecular formula is C19H28N2O3. The zero-order valence-electron chi connectivity index (χ0n) is 14.9. The molecule has 2 N–H and O–H groups in total. The molecule has 2 rings (SSSR count). The normalized spacial score (nSPS) is 16.0. The summed E-state index contributed by atoms with van der Waals surface area (Å²) in [5.41, 5.74) is 1.92. The van der Waals surface area contributed by atoms with Gasteiger partial charge < -0.3 is 15.3 Å². The smallest absolute Gasteiger partial charge is 0.244 e. The van der Waals surface area contributed by atoms with Gasteiger partial charge in [-0.25, -0.2) is 0 Å². The van der Waals surface area contributed by atoms with E-state index in [0.29, 0.717) is 19.4 Å². The molecule has 0 bridgehead atoms. The Balaban J connectivity index is 1.96. The first-order valence-electron chi connectivity index (χ1n) is 8.71. The minimum atomic E-state index is -0.881. The quantitative estimate of drug-likeness (QED) is 0.841. The highest BCUT2D eigenvalue weighted by molar-refractivity contribution is 5.95. The molecule has 0 heterocycles. The largest absolute Gasteiger partial charge is 0.389 e. The first kappa shape index (κ1) is 18.5. The van der Waals surface area contributed by atoms with Crippen LogP contribution in [0.2, 0.25) is 0 Å². The molecule has 0 radical (unpaired) electrons. The van der Waals surface area contributed by atoms with Crippen molar-refractivity contribution in [1.29, 1.82) is 0 Å². The Kier molecular flexibility index (Phi) is 5.99. The van der Waals surface area contributed by atoms with Crippen molar-refractivity contribution >= 4 is 17.5 Å². The van der Waals surface area contributed by atoms with Crippen molar-refractivity contribution in [3.8, 4) is 0 Å². The van der Waals surface area contributed by atoms with E-state index in [-0.39, 0.29) is 24.8 Å². The van der Waals surface area contributed by atoms with E-state index in [1.165, 1.54) is 4.90 Å². The van der Waals surface area contributed by atoms with Crippen LogP contribution in [0.3, 0.4) is 0 Å². The van der Waals surface area contributed by atoms with Gasteiger partial charge in [0.25, 0.3) is 0 Å². The average molecular weight is 332 g/mol. The molecule has 0 aliphatic heterocycles. The van der Waals surface area contributed by atoms with Crippen molar-refractivity contribution in [2.24, 2.45) is 0 Å². The van der Waals surface area contributed by atoms with Crippen molar-refractivity contribution in [2.75, 3.05) is 18.4 Å². The number of nitrogens with zero attached hydrogens (tertiary/aromatic N) is 1. The molecule has 0 unspecified atom stereocenters. The maximum atomic E-state index is 12.4. The molecule has 1 saturated carbocycles. The number of carbonyl (C=O) groups is 2. The van der Waals surface area contributed by atoms with Crippen LogP contribution in [0.1, 0.15) is 50.2 Å². The van der Waals surface area contributed by atoms with Crippen molar-refractivity contribution in [3.63, 3.8) is 0 Å². The summed E-state index contributed by atoms with van der Waals surface area (Å²) in [5.74, 6) is -0.362. The third-order valence-corrected chi connectivity index (χ3v) is 4.83. The van der Waals surface area contributed by atoms with Gasteiger partial charge in [0.1, 0.15) is 0 Å². The SMILES string of the molecule is CCN(CC(=O)Nc1c(C)cccc1C)C(=O)CC1(O)CCCC1. The molecule has 1 aromatic rings. The Labute approximate surface area is 144 Å². The van der Waals surface area contributed by atoms with Gasteiger partial charge in [-0.3, -0.25) is 9.59 Å². The molecule has 1 aromatic carbocycles. The van der Waals surface area contributed by atoms with Crippen LogP contribution in [0.5, 0.6) is 0 Å².